The first-order valence-electron chi connectivity index (χ1n) is 10.1. The third-order valence-electron chi connectivity index (χ3n) is 5.05. The van der Waals surface area contributed by atoms with Crippen molar-refractivity contribution in [2.75, 3.05) is 18.4 Å². The van der Waals surface area contributed by atoms with Gasteiger partial charge in [0, 0.05) is 29.5 Å². The second kappa shape index (κ2) is 9.00. The zero-order chi connectivity index (χ0) is 19.2. The van der Waals surface area contributed by atoms with Crippen LogP contribution in [0.3, 0.4) is 0 Å². The molecule has 2 amide bonds. The molecule has 2 N–H and O–H groups in total. The zero-order valence-corrected chi connectivity index (χ0v) is 16.3. The summed E-state index contributed by atoms with van der Waals surface area (Å²) in [5.41, 5.74) is 5.15. The fourth-order valence-corrected chi connectivity index (χ4v) is 3.54. The summed E-state index contributed by atoms with van der Waals surface area (Å²) in [6.45, 7) is 5.78. The van der Waals surface area contributed by atoms with Gasteiger partial charge < -0.3 is 5.32 Å². The van der Waals surface area contributed by atoms with Crippen molar-refractivity contribution >= 4 is 28.3 Å². The maximum atomic E-state index is 12.9. The summed E-state index contributed by atoms with van der Waals surface area (Å²) < 4.78 is 0. The molecule has 1 aliphatic rings. The highest BCUT2D eigenvalue weighted by Gasteiger charge is 2.33. The molecule has 0 aromatic heterocycles. The van der Waals surface area contributed by atoms with E-state index in [4.69, 9.17) is 0 Å². The van der Waals surface area contributed by atoms with E-state index < -0.39 is 0 Å². The summed E-state index contributed by atoms with van der Waals surface area (Å²) in [6.07, 6.45) is 6.70. The van der Waals surface area contributed by atoms with Gasteiger partial charge in [0.1, 0.15) is 0 Å². The normalized spacial score (nSPS) is 13.5. The smallest absolute Gasteiger partial charge is 0.275 e. The first-order chi connectivity index (χ1) is 13.2. The number of amides is 2. The Labute approximate surface area is 161 Å². The highest BCUT2D eigenvalue weighted by Crippen LogP contribution is 2.34. The average molecular weight is 367 g/mol. The van der Waals surface area contributed by atoms with Crippen molar-refractivity contribution in [3.63, 3.8) is 0 Å². The van der Waals surface area contributed by atoms with Crippen molar-refractivity contribution < 1.29 is 9.59 Å². The highest BCUT2D eigenvalue weighted by atomic mass is 16.2. The number of unbranched alkanes of at least 4 members (excludes halogenated alkanes) is 4. The summed E-state index contributed by atoms with van der Waals surface area (Å²) in [6, 6.07) is 9.47. The Morgan fingerprint density at radius 1 is 0.815 bits per heavy atom. The van der Waals surface area contributed by atoms with E-state index in [2.05, 4.69) is 24.6 Å². The molecule has 0 unspecified atom stereocenters. The fourth-order valence-electron chi connectivity index (χ4n) is 3.54. The van der Waals surface area contributed by atoms with Gasteiger partial charge in [-0.05, 0) is 31.0 Å². The van der Waals surface area contributed by atoms with Gasteiger partial charge in [0.05, 0.1) is 11.1 Å². The number of hydrogen-bond acceptors (Lipinski definition) is 4. The van der Waals surface area contributed by atoms with Crippen molar-refractivity contribution in [3.8, 4) is 0 Å². The van der Waals surface area contributed by atoms with Crippen LogP contribution in [0.1, 0.15) is 73.1 Å². The number of carbonyl (C=O) groups excluding carboxylic acids is 2. The number of carbonyl (C=O) groups is 2. The number of nitrogens with zero attached hydrogens (tertiary/aromatic N) is 1. The van der Waals surface area contributed by atoms with Crippen molar-refractivity contribution in [2.24, 2.45) is 0 Å². The second-order valence-electron chi connectivity index (χ2n) is 7.08. The molecule has 5 heteroatoms. The van der Waals surface area contributed by atoms with Crippen LogP contribution in [-0.4, -0.2) is 29.9 Å². The number of hydrazine groups is 1. The molecule has 2 aromatic carbocycles. The predicted molar refractivity (Wildman–Crippen MR) is 110 cm³/mol. The Hall–Kier alpha value is -2.40. The molecule has 0 fully saturated rings. The van der Waals surface area contributed by atoms with E-state index in [1.54, 1.807) is 6.07 Å². The molecule has 1 heterocycles. The number of nitrogens with one attached hydrogen (secondary N) is 2. The van der Waals surface area contributed by atoms with Crippen LogP contribution in [0.25, 0.3) is 10.8 Å². The summed E-state index contributed by atoms with van der Waals surface area (Å²) in [7, 11) is 0. The number of rotatable bonds is 10. The molecule has 0 saturated heterocycles. The molecule has 5 nitrogen and oxygen atoms in total. The van der Waals surface area contributed by atoms with Gasteiger partial charge in [0.15, 0.2) is 0 Å². The largest absolute Gasteiger partial charge is 0.385 e. The van der Waals surface area contributed by atoms with Crippen molar-refractivity contribution in [1.82, 2.24) is 10.4 Å². The van der Waals surface area contributed by atoms with Crippen LogP contribution >= 0.6 is 0 Å². The van der Waals surface area contributed by atoms with Crippen molar-refractivity contribution in [2.45, 2.75) is 52.4 Å². The predicted octanol–water partition coefficient (Wildman–Crippen LogP) is 4.73. The third kappa shape index (κ3) is 3.98. The maximum absolute atomic E-state index is 12.9. The number of imide groups is 1. The zero-order valence-electron chi connectivity index (χ0n) is 16.3. The second-order valence-corrected chi connectivity index (χ2v) is 7.08. The molecular formula is C22H29N3O2. The number of benzene rings is 2. The Bertz CT molecular complexity index is 809. The number of hydrogen-bond donors (Lipinski definition) is 2. The van der Waals surface area contributed by atoms with E-state index in [0.717, 1.165) is 42.3 Å². The van der Waals surface area contributed by atoms with Crippen LogP contribution in [0.2, 0.25) is 0 Å². The molecule has 27 heavy (non-hydrogen) atoms. The van der Waals surface area contributed by atoms with Gasteiger partial charge in [-0.25, -0.2) is 10.4 Å². The van der Waals surface area contributed by atoms with Gasteiger partial charge in [-0.1, -0.05) is 51.7 Å². The van der Waals surface area contributed by atoms with Crippen LogP contribution in [0.15, 0.2) is 30.3 Å². The topological polar surface area (TPSA) is 61.4 Å². The van der Waals surface area contributed by atoms with Crippen molar-refractivity contribution in [1.29, 1.82) is 0 Å². The standard InChI is InChI=1S/C22H29N3O2/c1-3-5-7-8-14-23-19-13-12-18-20-16(19)10-9-11-17(20)21(26)25(22(18)27)24-15-6-4-2/h9-13,23-24H,3-8,14-15H2,1-2H3. The first-order valence-corrected chi connectivity index (χ1v) is 10.1. The lowest BCUT2D eigenvalue weighted by Crippen LogP contribution is -2.49. The SMILES string of the molecule is CCCCCCNc1ccc2c3c(cccc13)C(=O)N(NCCCC)C2=O. The van der Waals surface area contributed by atoms with Crippen LogP contribution in [-0.2, 0) is 0 Å². The highest BCUT2D eigenvalue weighted by molar-refractivity contribution is 6.26. The van der Waals surface area contributed by atoms with E-state index in [1.165, 1.54) is 24.3 Å². The lowest BCUT2D eigenvalue weighted by atomic mass is 9.93. The van der Waals surface area contributed by atoms with Crippen LogP contribution in [0.4, 0.5) is 5.69 Å². The number of anilines is 1. The molecule has 144 valence electrons. The molecule has 0 radical (unpaired) electrons. The van der Waals surface area contributed by atoms with Gasteiger partial charge in [-0.2, -0.15) is 0 Å². The van der Waals surface area contributed by atoms with Gasteiger partial charge in [0.25, 0.3) is 11.8 Å². The van der Waals surface area contributed by atoms with Crippen LogP contribution < -0.4 is 10.7 Å². The minimum atomic E-state index is -0.269. The fraction of sp³-hybridized carbons (Fsp3) is 0.455. The molecule has 0 saturated carbocycles. The summed E-state index contributed by atoms with van der Waals surface area (Å²) >= 11 is 0. The first kappa shape index (κ1) is 19.4. The average Bonchev–Trinajstić information content (AvgIpc) is 2.69. The van der Waals surface area contributed by atoms with Gasteiger partial charge in [0.2, 0.25) is 0 Å². The Morgan fingerprint density at radius 2 is 1.56 bits per heavy atom. The Kier molecular flexibility index (Phi) is 6.45. The van der Waals surface area contributed by atoms with E-state index in [9.17, 15) is 9.59 Å². The molecule has 0 atom stereocenters. The minimum Gasteiger partial charge on any atom is -0.385 e. The van der Waals surface area contributed by atoms with Crippen LogP contribution in [0, 0.1) is 0 Å². The van der Waals surface area contributed by atoms with Gasteiger partial charge >= 0.3 is 0 Å². The molecule has 2 aromatic rings. The summed E-state index contributed by atoms with van der Waals surface area (Å²) in [5, 5.41) is 6.36. The quantitative estimate of drug-likeness (QED) is 0.471. The molecule has 3 rings (SSSR count). The summed E-state index contributed by atoms with van der Waals surface area (Å²) in [4.78, 5) is 25.7. The van der Waals surface area contributed by atoms with E-state index >= 15 is 0 Å². The molecule has 1 aliphatic heterocycles. The molecular weight excluding hydrogens is 338 g/mol. The minimum absolute atomic E-state index is 0.269. The molecule has 0 spiro atoms. The van der Waals surface area contributed by atoms with E-state index in [0.29, 0.717) is 17.7 Å². The Balaban J connectivity index is 1.87. The third-order valence-corrected chi connectivity index (χ3v) is 5.05. The lowest BCUT2D eigenvalue weighted by molar-refractivity contribution is 0.0520. The lowest BCUT2D eigenvalue weighted by Gasteiger charge is -2.28. The van der Waals surface area contributed by atoms with E-state index in [-0.39, 0.29) is 11.8 Å². The van der Waals surface area contributed by atoms with Crippen LogP contribution in [0.5, 0.6) is 0 Å². The molecule has 0 aliphatic carbocycles. The van der Waals surface area contributed by atoms with E-state index in [1.807, 2.05) is 24.3 Å². The maximum Gasteiger partial charge on any atom is 0.275 e. The Morgan fingerprint density at radius 3 is 2.30 bits per heavy atom. The van der Waals surface area contributed by atoms with Crippen molar-refractivity contribution in [3.05, 3.63) is 41.5 Å². The molecule has 0 bridgehead atoms. The van der Waals surface area contributed by atoms with Gasteiger partial charge in [-0.15, -0.1) is 0 Å². The monoisotopic (exact) mass is 367 g/mol. The van der Waals surface area contributed by atoms with Gasteiger partial charge in [-0.3, -0.25) is 9.59 Å². The summed E-state index contributed by atoms with van der Waals surface area (Å²) in [5.74, 6) is -0.538.